The Morgan fingerprint density at radius 1 is 0.404 bits per heavy atom. The van der Waals surface area contributed by atoms with Crippen molar-refractivity contribution in [3.05, 3.63) is 155 Å². The molecule has 5 heterocycles. The summed E-state index contributed by atoms with van der Waals surface area (Å²) in [5, 5.41) is 9.19. The van der Waals surface area contributed by atoms with E-state index in [4.69, 9.17) is 11.5 Å². The fourth-order valence-electron chi connectivity index (χ4n) is 7.92. The molecule has 0 spiro atoms. The van der Waals surface area contributed by atoms with Gasteiger partial charge in [0.2, 0.25) is 0 Å². The van der Waals surface area contributed by atoms with Crippen LogP contribution in [-0.4, -0.2) is 26.1 Å². The molecule has 6 aromatic carbocycles. The number of pyridine rings is 4. The van der Waals surface area contributed by atoms with E-state index in [9.17, 15) is 0 Å². The Kier molecular flexibility index (Phi) is 7.57. The second-order valence-corrected chi connectivity index (χ2v) is 14.9. The number of aromatic nitrogens is 4. The third-order valence-electron chi connectivity index (χ3n) is 10.1. The maximum atomic E-state index is 6.97. The van der Waals surface area contributed by atoms with Crippen molar-refractivity contribution >= 4 is 126 Å². The molecule has 4 nitrogen and oxygen atoms in total. The van der Waals surface area contributed by atoms with Gasteiger partial charge in [0.25, 0.3) is 0 Å². The minimum atomic E-state index is -0.151. The smallest absolute Gasteiger partial charge is 0.254 e. The van der Waals surface area contributed by atoms with Gasteiger partial charge in [0.1, 0.15) is 0 Å². The van der Waals surface area contributed by atoms with Crippen molar-refractivity contribution in [2.75, 3.05) is 0 Å². The van der Waals surface area contributed by atoms with Crippen molar-refractivity contribution in [3.8, 4) is 22.3 Å². The molecule has 0 amide bonds. The molecule has 1 aliphatic rings. The van der Waals surface area contributed by atoms with Gasteiger partial charge in [0, 0.05) is 60.7 Å². The largest absolute Gasteiger partial charge is 0.317 e. The molecule has 0 atom stereocenters. The summed E-state index contributed by atoms with van der Waals surface area (Å²) in [6.45, 7) is 0. The van der Waals surface area contributed by atoms with Crippen LogP contribution in [0.2, 0.25) is 0 Å². The van der Waals surface area contributed by atoms with Crippen molar-refractivity contribution in [2.24, 2.45) is 0 Å². The van der Waals surface area contributed by atoms with Crippen LogP contribution in [-0.2, 0) is 0 Å². The lowest BCUT2D eigenvalue weighted by molar-refractivity contribution is 1.38. The molecular weight excluding hydrogens is 791 g/mol. The zero-order valence-electron chi connectivity index (χ0n) is 27.4. The molecule has 0 saturated heterocycles. The van der Waals surface area contributed by atoms with Gasteiger partial charge < -0.3 is 0 Å². The number of hydrogen-bond donors (Lipinski definition) is 0. The van der Waals surface area contributed by atoms with E-state index < -0.39 is 0 Å². The number of rotatable bonds is 1. The summed E-state index contributed by atoms with van der Waals surface area (Å²) in [6.07, 6.45) is 7.16. The molecule has 0 radical (unpaired) electrons. The van der Waals surface area contributed by atoms with E-state index in [0.29, 0.717) is 0 Å². The summed E-state index contributed by atoms with van der Waals surface area (Å²) in [7, 11) is 0. The van der Waals surface area contributed by atoms with Crippen LogP contribution < -0.4 is 10.9 Å². The Balaban J connectivity index is 0.000000130. The summed E-state index contributed by atoms with van der Waals surface area (Å²) in [5.41, 5.74) is 10.9. The minimum Gasteiger partial charge on any atom is -0.254 e. The zero-order chi connectivity index (χ0) is 34.9. The van der Waals surface area contributed by atoms with Gasteiger partial charge in [0.15, 0.2) is 0 Å². The average molecular weight is 815 g/mol. The van der Waals surface area contributed by atoms with Gasteiger partial charge in [0.05, 0.1) is 22.1 Å². The Labute approximate surface area is 320 Å². The fourth-order valence-corrected chi connectivity index (χ4v) is 9.60. The average Bonchev–Trinajstić information content (AvgIpc) is 3.50. The molecule has 244 valence electrons. The van der Waals surface area contributed by atoms with Crippen molar-refractivity contribution in [1.82, 2.24) is 19.9 Å². The van der Waals surface area contributed by atoms with Gasteiger partial charge in [-0.2, -0.15) is 11.5 Å². The third-order valence-corrected chi connectivity index (χ3v) is 12.1. The fraction of sp³-hybridized carbons (Fsp3) is 0. The SMILES string of the molecule is Brc1ccccc1-c1ccc2c3cccnc3c3ncccc3c2c1Br.ClB1c2ccccc2-c2ccc3c4cccnc4c4ncccc4c3c21. The van der Waals surface area contributed by atoms with Crippen LogP contribution in [0.1, 0.15) is 0 Å². The van der Waals surface area contributed by atoms with E-state index in [1.54, 1.807) is 0 Å². The Morgan fingerprint density at radius 2 is 0.885 bits per heavy atom. The van der Waals surface area contributed by atoms with E-state index in [0.717, 1.165) is 63.7 Å². The van der Waals surface area contributed by atoms with Crippen LogP contribution in [0.4, 0.5) is 0 Å². The van der Waals surface area contributed by atoms with Gasteiger partial charge in [-0.25, -0.2) is 0 Å². The summed E-state index contributed by atoms with van der Waals surface area (Å²) in [5.74, 6) is 0. The molecule has 8 heteroatoms. The highest BCUT2D eigenvalue weighted by Gasteiger charge is 2.33. The zero-order valence-corrected chi connectivity index (χ0v) is 31.3. The molecule has 52 heavy (non-hydrogen) atoms. The predicted molar refractivity (Wildman–Crippen MR) is 226 cm³/mol. The lowest BCUT2D eigenvalue weighted by Crippen LogP contribution is -2.32. The van der Waals surface area contributed by atoms with Crippen LogP contribution >= 0.6 is 43.3 Å². The molecule has 0 fully saturated rings. The quantitative estimate of drug-likeness (QED) is 0.122. The van der Waals surface area contributed by atoms with E-state index in [1.165, 1.54) is 43.6 Å². The van der Waals surface area contributed by atoms with Crippen molar-refractivity contribution in [2.45, 2.75) is 0 Å². The number of fused-ring (bicyclic) bond motifs is 16. The van der Waals surface area contributed by atoms with Crippen LogP contribution in [0, 0.1) is 0 Å². The van der Waals surface area contributed by atoms with Crippen molar-refractivity contribution < 1.29 is 0 Å². The normalized spacial score (nSPS) is 12.1. The lowest BCUT2D eigenvalue weighted by Gasteiger charge is -2.14. The number of nitrogens with zero attached hydrogens (tertiary/aromatic N) is 4. The molecule has 0 saturated carbocycles. The van der Waals surface area contributed by atoms with Crippen molar-refractivity contribution in [3.63, 3.8) is 0 Å². The van der Waals surface area contributed by atoms with E-state index >= 15 is 0 Å². The van der Waals surface area contributed by atoms with Crippen LogP contribution in [0.25, 0.3) is 87.4 Å². The summed E-state index contributed by atoms with van der Waals surface area (Å²) in [6, 6.07) is 41.9. The highest BCUT2D eigenvalue weighted by molar-refractivity contribution is 9.11. The summed E-state index contributed by atoms with van der Waals surface area (Å²) >= 11 is 14.5. The maximum Gasteiger partial charge on any atom is 0.317 e. The predicted octanol–water partition coefficient (Wildman–Crippen LogP) is 11.4. The first kappa shape index (κ1) is 31.5. The first-order valence-corrected chi connectivity index (χ1v) is 18.9. The number of halogens is 3. The Morgan fingerprint density at radius 3 is 1.50 bits per heavy atom. The first-order chi connectivity index (χ1) is 25.6. The van der Waals surface area contributed by atoms with Crippen LogP contribution in [0.5, 0.6) is 0 Å². The number of benzene rings is 6. The first-order valence-electron chi connectivity index (χ1n) is 16.9. The molecule has 0 N–H and O–H groups in total. The topological polar surface area (TPSA) is 51.6 Å². The molecular formula is C44H24BBr2ClN4. The molecule has 4 aromatic heterocycles. The van der Waals surface area contributed by atoms with E-state index in [-0.39, 0.29) is 6.13 Å². The Bertz CT molecular complexity index is 3010. The van der Waals surface area contributed by atoms with E-state index in [1.807, 2.05) is 55.1 Å². The van der Waals surface area contributed by atoms with Crippen LogP contribution in [0.3, 0.4) is 0 Å². The Hall–Kier alpha value is -5.21. The molecule has 10 aromatic rings. The van der Waals surface area contributed by atoms with Gasteiger partial charge >= 0.3 is 6.13 Å². The summed E-state index contributed by atoms with van der Waals surface area (Å²) in [4.78, 5) is 18.5. The number of hydrogen-bond acceptors (Lipinski definition) is 4. The highest BCUT2D eigenvalue weighted by atomic mass is 79.9. The summed E-state index contributed by atoms with van der Waals surface area (Å²) < 4.78 is 2.15. The van der Waals surface area contributed by atoms with Gasteiger partial charge in [-0.15, -0.1) is 0 Å². The molecule has 1 aliphatic heterocycles. The molecule has 0 bridgehead atoms. The standard InChI is InChI=1S/C22H12BClN2.C22H12Br2N2/c24-23-18-8-2-1-5-13(18)15-10-9-14-16-6-3-11-25-21(16)22-17(7-4-12-26-22)19(14)20(15)23;23-18-8-2-1-5-13(18)15-10-9-14-16-6-3-11-25-21(16)22-17(7-4-12-26-22)19(14)20(15)24/h2*1-12H. The van der Waals surface area contributed by atoms with Gasteiger partial charge in [-0.05, 0) is 95.6 Å². The molecule has 0 aliphatic carbocycles. The lowest BCUT2D eigenvalue weighted by atomic mass is 9.64. The molecule has 11 rings (SSSR count). The minimum absolute atomic E-state index is 0.151. The molecule has 0 unspecified atom stereocenters. The van der Waals surface area contributed by atoms with E-state index in [2.05, 4.69) is 143 Å². The highest BCUT2D eigenvalue weighted by Crippen LogP contribution is 2.43. The third kappa shape index (κ3) is 4.73. The van der Waals surface area contributed by atoms with Gasteiger partial charge in [-0.3, -0.25) is 19.9 Å². The van der Waals surface area contributed by atoms with Crippen molar-refractivity contribution in [1.29, 1.82) is 0 Å². The monoisotopic (exact) mass is 812 g/mol. The second-order valence-electron chi connectivity index (χ2n) is 12.8. The maximum absolute atomic E-state index is 6.97. The second kappa shape index (κ2) is 12.5. The van der Waals surface area contributed by atoms with Gasteiger partial charge in [-0.1, -0.05) is 107 Å². The van der Waals surface area contributed by atoms with Crippen LogP contribution in [0.15, 0.2) is 155 Å².